The molecule has 0 unspecified atom stereocenters. The first-order chi connectivity index (χ1) is 15.6. The van der Waals surface area contributed by atoms with Gasteiger partial charge >= 0.3 is 0 Å². The first kappa shape index (κ1) is 20.7. The predicted octanol–water partition coefficient (Wildman–Crippen LogP) is 3.52. The van der Waals surface area contributed by atoms with Crippen LogP contribution in [0.2, 0.25) is 0 Å². The maximum atomic E-state index is 14.2. The number of halogens is 1. The maximum Gasteiger partial charge on any atom is 0.295 e. The lowest BCUT2D eigenvalue weighted by Crippen LogP contribution is -2.43. The molecule has 1 fully saturated rings. The van der Waals surface area contributed by atoms with Crippen molar-refractivity contribution in [3.63, 3.8) is 0 Å². The fourth-order valence-electron chi connectivity index (χ4n) is 3.71. The Labute approximate surface area is 186 Å². The first-order valence-corrected chi connectivity index (χ1v) is 11.1. The minimum Gasteiger partial charge on any atom is -0.451 e. The Morgan fingerprint density at radius 1 is 1.16 bits per heavy atom. The molecule has 0 N–H and O–H groups in total. The van der Waals surface area contributed by atoms with Crippen LogP contribution in [0.1, 0.15) is 10.6 Å². The van der Waals surface area contributed by atoms with Crippen LogP contribution >= 0.6 is 11.3 Å². The van der Waals surface area contributed by atoms with Gasteiger partial charge in [-0.15, -0.1) is 0 Å². The van der Waals surface area contributed by atoms with E-state index in [9.17, 15) is 14.0 Å². The number of ether oxygens (including phenoxy) is 1. The van der Waals surface area contributed by atoms with Crippen molar-refractivity contribution in [3.05, 3.63) is 70.3 Å². The number of carbonyl (C=O) groups is 1. The van der Waals surface area contributed by atoms with Gasteiger partial charge in [0.25, 0.3) is 5.91 Å². The van der Waals surface area contributed by atoms with Crippen LogP contribution in [0.3, 0.4) is 0 Å². The molecule has 0 bridgehead atoms. The summed E-state index contributed by atoms with van der Waals surface area (Å²) in [5.41, 5.74) is 0.266. The fourth-order valence-corrected chi connectivity index (χ4v) is 4.72. The van der Waals surface area contributed by atoms with Gasteiger partial charge in [0.05, 0.1) is 23.3 Å². The van der Waals surface area contributed by atoms with E-state index in [-0.39, 0.29) is 16.7 Å². The average molecular weight is 453 g/mol. The van der Waals surface area contributed by atoms with Gasteiger partial charge in [0.1, 0.15) is 16.9 Å². The number of benzene rings is 2. The lowest BCUT2D eigenvalue weighted by Gasteiger charge is -2.29. The van der Waals surface area contributed by atoms with Gasteiger partial charge in [-0.25, -0.2) is 9.37 Å². The highest BCUT2D eigenvalue weighted by molar-refractivity contribution is 7.22. The van der Waals surface area contributed by atoms with E-state index in [1.54, 1.807) is 36.4 Å². The van der Waals surface area contributed by atoms with Crippen LogP contribution in [0.25, 0.3) is 21.2 Å². The Morgan fingerprint density at radius 2 is 1.97 bits per heavy atom. The molecule has 1 amide bonds. The van der Waals surface area contributed by atoms with Gasteiger partial charge in [-0.2, -0.15) is 0 Å². The average Bonchev–Trinajstić information content (AvgIpc) is 3.25. The molecule has 32 heavy (non-hydrogen) atoms. The summed E-state index contributed by atoms with van der Waals surface area (Å²) in [4.78, 5) is 34.1. The summed E-state index contributed by atoms with van der Waals surface area (Å²) >= 11 is 1.23. The highest BCUT2D eigenvalue weighted by atomic mass is 32.1. The van der Waals surface area contributed by atoms with E-state index < -0.39 is 11.7 Å². The van der Waals surface area contributed by atoms with Crippen LogP contribution in [0.4, 0.5) is 9.52 Å². The quantitative estimate of drug-likeness (QED) is 0.460. The molecule has 2 aromatic heterocycles. The minimum absolute atomic E-state index is 0.0737. The third-order valence-electron chi connectivity index (χ3n) is 5.42. The van der Waals surface area contributed by atoms with Crippen molar-refractivity contribution in [3.8, 4) is 0 Å². The van der Waals surface area contributed by atoms with Gasteiger partial charge in [-0.05, 0) is 24.3 Å². The van der Waals surface area contributed by atoms with Gasteiger partial charge < -0.3 is 9.15 Å². The molecule has 9 heteroatoms. The number of thiazole rings is 1. The fraction of sp³-hybridized carbons (Fsp3) is 0.261. The summed E-state index contributed by atoms with van der Waals surface area (Å²) in [6, 6.07) is 12.7. The van der Waals surface area contributed by atoms with Crippen molar-refractivity contribution in [1.82, 2.24) is 9.88 Å². The summed E-state index contributed by atoms with van der Waals surface area (Å²) in [5.74, 6) is -1.00. The van der Waals surface area contributed by atoms with Crippen molar-refractivity contribution in [2.45, 2.75) is 0 Å². The van der Waals surface area contributed by atoms with Crippen molar-refractivity contribution in [2.75, 3.05) is 44.3 Å². The number of anilines is 1. The molecule has 0 radical (unpaired) electrons. The lowest BCUT2D eigenvalue weighted by molar-refractivity contribution is 0.0390. The van der Waals surface area contributed by atoms with Crippen LogP contribution in [-0.2, 0) is 4.74 Å². The summed E-state index contributed by atoms with van der Waals surface area (Å²) < 4.78 is 26.1. The molecule has 4 aromatic rings. The number of aromatic nitrogens is 1. The van der Waals surface area contributed by atoms with Crippen LogP contribution in [0.15, 0.2) is 57.7 Å². The summed E-state index contributed by atoms with van der Waals surface area (Å²) in [7, 11) is 0. The molecular formula is C23H20FN3O4S. The molecule has 5 rings (SSSR count). The third-order valence-corrected chi connectivity index (χ3v) is 6.47. The molecule has 0 aliphatic carbocycles. The summed E-state index contributed by atoms with van der Waals surface area (Å²) in [5, 5.41) is 0.769. The number of rotatable bonds is 5. The molecule has 0 spiro atoms. The monoisotopic (exact) mass is 453 g/mol. The second kappa shape index (κ2) is 8.78. The zero-order valence-electron chi connectivity index (χ0n) is 17.1. The molecule has 3 heterocycles. The highest BCUT2D eigenvalue weighted by Gasteiger charge is 2.26. The second-order valence-corrected chi connectivity index (χ2v) is 8.47. The van der Waals surface area contributed by atoms with Crippen molar-refractivity contribution in [1.29, 1.82) is 0 Å². The number of nitrogens with zero attached hydrogens (tertiary/aromatic N) is 3. The normalized spacial score (nSPS) is 14.8. The zero-order valence-corrected chi connectivity index (χ0v) is 17.9. The molecule has 1 aliphatic rings. The van der Waals surface area contributed by atoms with Crippen LogP contribution in [0, 0.1) is 5.82 Å². The lowest BCUT2D eigenvalue weighted by atomic mass is 10.2. The molecule has 164 valence electrons. The number of hydrogen-bond donors (Lipinski definition) is 0. The molecule has 2 aromatic carbocycles. The van der Waals surface area contributed by atoms with E-state index in [0.29, 0.717) is 47.1 Å². The Balaban J connectivity index is 1.52. The topological polar surface area (TPSA) is 75.9 Å². The van der Waals surface area contributed by atoms with Gasteiger partial charge in [0, 0.05) is 32.2 Å². The molecule has 1 saturated heterocycles. The molecule has 0 atom stereocenters. The summed E-state index contributed by atoms with van der Waals surface area (Å²) in [6.07, 6.45) is 0. The number of hydrogen-bond acceptors (Lipinski definition) is 7. The predicted molar refractivity (Wildman–Crippen MR) is 121 cm³/mol. The SMILES string of the molecule is O=C(c1cc(=O)c2ccccc2o1)N(CCN1CCOCC1)c1nc2c(F)cccc2s1. The summed E-state index contributed by atoms with van der Waals surface area (Å²) in [6.45, 7) is 3.71. The van der Waals surface area contributed by atoms with Crippen LogP contribution in [-0.4, -0.2) is 55.2 Å². The van der Waals surface area contributed by atoms with E-state index in [1.807, 2.05) is 0 Å². The van der Waals surface area contributed by atoms with Crippen molar-refractivity contribution >= 4 is 43.6 Å². The third kappa shape index (κ3) is 4.02. The van der Waals surface area contributed by atoms with E-state index in [1.165, 1.54) is 28.4 Å². The molecule has 7 nitrogen and oxygen atoms in total. The smallest absolute Gasteiger partial charge is 0.295 e. The maximum absolute atomic E-state index is 14.2. The zero-order chi connectivity index (χ0) is 22.1. The van der Waals surface area contributed by atoms with Crippen LogP contribution in [0.5, 0.6) is 0 Å². The van der Waals surface area contributed by atoms with Gasteiger partial charge in [0.2, 0.25) is 0 Å². The van der Waals surface area contributed by atoms with Crippen LogP contribution < -0.4 is 10.3 Å². The van der Waals surface area contributed by atoms with Gasteiger partial charge in [-0.3, -0.25) is 19.4 Å². The molecular weight excluding hydrogens is 433 g/mol. The first-order valence-electron chi connectivity index (χ1n) is 10.3. The second-order valence-electron chi connectivity index (χ2n) is 7.46. The van der Waals surface area contributed by atoms with Crippen molar-refractivity contribution < 1.29 is 18.3 Å². The van der Waals surface area contributed by atoms with E-state index in [4.69, 9.17) is 9.15 Å². The Morgan fingerprint density at radius 3 is 2.78 bits per heavy atom. The molecule has 0 saturated carbocycles. The number of carbonyl (C=O) groups excluding carboxylic acids is 1. The van der Waals surface area contributed by atoms with Crippen molar-refractivity contribution in [2.24, 2.45) is 0 Å². The number of fused-ring (bicyclic) bond motifs is 2. The Bertz CT molecular complexity index is 1350. The Kier molecular flexibility index (Phi) is 5.69. The Hall–Kier alpha value is -3.14. The minimum atomic E-state index is -0.486. The standard InChI is InChI=1S/C23H20FN3O4S/c24-16-5-3-7-20-21(16)25-23(32-20)27(9-8-26-10-12-30-13-11-26)22(29)19-14-17(28)15-4-1-2-6-18(15)31-19/h1-7,14H,8-13H2. The van der Waals surface area contributed by atoms with Gasteiger partial charge in [-0.1, -0.05) is 29.5 Å². The largest absolute Gasteiger partial charge is 0.451 e. The van der Waals surface area contributed by atoms with Gasteiger partial charge in [0.15, 0.2) is 16.3 Å². The van der Waals surface area contributed by atoms with E-state index in [2.05, 4.69) is 9.88 Å². The number of amides is 1. The highest BCUT2D eigenvalue weighted by Crippen LogP contribution is 2.31. The molecule has 1 aliphatic heterocycles. The van der Waals surface area contributed by atoms with E-state index in [0.717, 1.165) is 13.1 Å². The number of morpholine rings is 1. The van der Waals surface area contributed by atoms with E-state index >= 15 is 0 Å². The number of para-hydroxylation sites is 2.